The van der Waals surface area contributed by atoms with E-state index in [9.17, 15) is 4.79 Å². The highest BCUT2D eigenvalue weighted by Gasteiger charge is 2.26. The van der Waals surface area contributed by atoms with Crippen LogP contribution in [-0.2, 0) is 6.54 Å². The molecule has 1 saturated heterocycles. The number of hydrogen-bond acceptors (Lipinski definition) is 5. The van der Waals surface area contributed by atoms with Crippen molar-refractivity contribution in [3.8, 4) is 11.8 Å². The number of likely N-dealkylation sites (tertiary alicyclic amines) is 1. The molecule has 0 saturated carbocycles. The number of aromatic nitrogens is 1. The number of amides is 1. The fourth-order valence-electron chi connectivity index (χ4n) is 3.00. The Morgan fingerprint density at radius 2 is 2.20 bits per heavy atom. The fraction of sp³-hybridized carbons (Fsp3) is 0.316. The number of rotatable bonds is 5. The van der Waals surface area contributed by atoms with Crippen LogP contribution in [-0.4, -0.2) is 42.0 Å². The van der Waals surface area contributed by atoms with Crippen molar-refractivity contribution in [3.63, 3.8) is 0 Å². The van der Waals surface area contributed by atoms with E-state index in [1.165, 1.54) is 0 Å². The van der Waals surface area contributed by atoms with Gasteiger partial charge in [-0.1, -0.05) is 6.07 Å². The zero-order valence-corrected chi connectivity index (χ0v) is 14.1. The van der Waals surface area contributed by atoms with E-state index in [1.54, 1.807) is 31.6 Å². The van der Waals surface area contributed by atoms with Crippen LogP contribution in [0.15, 0.2) is 42.7 Å². The molecule has 1 aromatic carbocycles. The van der Waals surface area contributed by atoms with E-state index in [4.69, 9.17) is 10.00 Å². The van der Waals surface area contributed by atoms with E-state index < -0.39 is 0 Å². The van der Waals surface area contributed by atoms with Crippen molar-refractivity contribution in [2.24, 2.45) is 0 Å². The monoisotopic (exact) mass is 336 g/mol. The van der Waals surface area contributed by atoms with Crippen molar-refractivity contribution >= 4 is 5.91 Å². The van der Waals surface area contributed by atoms with Gasteiger partial charge in [0.2, 0.25) is 0 Å². The zero-order chi connectivity index (χ0) is 17.6. The first-order valence-corrected chi connectivity index (χ1v) is 8.21. The van der Waals surface area contributed by atoms with Gasteiger partial charge in [0.25, 0.3) is 5.91 Å². The first-order valence-electron chi connectivity index (χ1n) is 8.21. The number of ether oxygens (including phenoxy) is 1. The van der Waals surface area contributed by atoms with E-state index in [1.807, 2.05) is 23.1 Å². The Kier molecular flexibility index (Phi) is 5.26. The van der Waals surface area contributed by atoms with Gasteiger partial charge in [-0.25, -0.2) is 0 Å². The van der Waals surface area contributed by atoms with Crippen LogP contribution in [0.3, 0.4) is 0 Å². The van der Waals surface area contributed by atoms with Gasteiger partial charge in [-0.3, -0.25) is 9.78 Å². The predicted octanol–water partition coefficient (Wildman–Crippen LogP) is 1.97. The first-order chi connectivity index (χ1) is 12.2. The maximum atomic E-state index is 12.4. The molecule has 25 heavy (non-hydrogen) atoms. The Hall–Kier alpha value is -2.91. The standard InChI is InChI=1S/C19H20N4O2/c1-25-18-3-2-14(10-16(18)11-20)12-22-17-6-9-23(13-17)19(24)15-4-7-21-8-5-15/h2-5,7-8,10,17,22H,6,9,12-13H2,1H3. The highest BCUT2D eigenvalue weighted by molar-refractivity contribution is 5.94. The molecule has 1 N–H and O–H groups in total. The summed E-state index contributed by atoms with van der Waals surface area (Å²) in [7, 11) is 1.56. The van der Waals surface area contributed by atoms with Crippen molar-refractivity contribution in [2.75, 3.05) is 20.2 Å². The minimum Gasteiger partial charge on any atom is -0.495 e. The minimum atomic E-state index is 0.0444. The molecule has 0 aliphatic carbocycles. The summed E-state index contributed by atoms with van der Waals surface area (Å²) in [5.74, 6) is 0.629. The largest absolute Gasteiger partial charge is 0.495 e. The molecular weight excluding hydrogens is 316 g/mol. The van der Waals surface area contributed by atoms with Crippen LogP contribution in [0.25, 0.3) is 0 Å². The van der Waals surface area contributed by atoms with Crippen molar-refractivity contribution in [3.05, 3.63) is 59.4 Å². The maximum absolute atomic E-state index is 12.4. The number of nitrogens with zero attached hydrogens (tertiary/aromatic N) is 3. The Morgan fingerprint density at radius 1 is 1.40 bits per heavy atom. The Labute approximate surface area is 147 Å². The Bertz CT molecular complexity index is 786. The summed E-state index contributed by atoms with van der Waals surface area (Å²) in [6, 6.07) is 11.5. The molecule has 1 atom stereocenters. The third-order valence-corrected chi connectivity index (χ3v) is 4.38. The summed E-state index contributed by atoms with van der Waals surface area (Å²) in [4.78, 5) is 18.2. The molecule has 6 heteroatoms. The number of carbonyl (C=O) groups excluding carboxylic acids is 1. The van der Waals surface area contributed by atoms with Crippen LogP contribution in [0, 0.1) is 11.3 Å². The van der Waals surface area contributed by atoms with Crippen LogP contribution in [0.4, 0.5) is 0 Å². The van der Waals surface area contributed by atoms with Crippen LogP contribution < -0.4 is 10.1 Å². The lowest BCUT2D eigenvalue weighted by molar-refractivity contribution is 0.0789. The number of benzene rings is 1. The van der Waals surface area contributed by atoms with Gasteiger partial charge >= 0.3 is 0 Å². The summed E-state index contributed by atoms with van der Waals surface area (Å²) < 4.78 is 5.16. The van der Waals surface area contributed by atoms with Gasteiger partial charge < -0.3 is 15.0 Å². The summed E-state index contributed by atoms with van der Waals surface area (Å²) in [5.41, 5.74) is 2.23. The average Bonchev–Trinajstić information content (AvgIpc) is 3.15. The lowest BCUT2D eigenvalue weighted by atomic mass is 10.1. The predicted molar refractivity (Wildman–Crippen MR) is 93.1 cm³/mol. The highest BCUT2D eigenvalue weighted by atomic mass is 16.5. The van der Waals surface area contributed by atoms with Crippen LogP contribution in [0.2, 0.25) is 0 Å². The molecule has 1 unspecified atom stereocenters. The molecule has 2 aromatic rings. The molecule has 0 spiro atoms. The molecule has 1 aliphatic rings. The summed E-state index contributed by atoms with van der Waals surface area (Å²) in [6.45, 7) is 2.08. The van der Waals surface area contributed by atoms with Gasteiger partial charge in [-0.05, 0) is 36.2 Å². The van der Waals surface area contributed by atoms with Gasteiger partial charge in [0.05, 0.1) is 12.7 Å². The van der Waals surface area contributed by atoms with Crippen molar-refractivity contribution in [2.45, 2.75) is 19.0 Å². The number of hydrogen-bond donors (Lipinski definition) is 1. The quantitative estimate of drug-likeness (QED) is 0.903. The molecule has 1 fully saturated rings. The summed E-state index contributed by atoms with van der Waals surface area (Å²) >= 11 is 0. The molecule has 128 valence electrons. The second-order valence-electron chi connectivity index (χ2n) is 6.00. The lowest BCUT2D eigenvalue weighted by Gasteiger charge is -2.17. The van der Waals surface area contributed by atoms with Crippen molar-refractivity contribution in [1.82, 2.24) is 15.2 Å². The number of nitriles is 1. The molecule has 1 amide bonds. The molecule has 0 radical (unpaired) electrons. The average molecular weight is 336 g/mol. The van der Waals surface area contributed by atoms with Crippen molar-refractivity contribution in [1.29, 1.82) is 5.26 Å². The zero-order valence-electron chi connectivity index (χ0n) is 14.1. The SMILES string of the molecule is COc1ccc(CNC2CCN(C(=O)c3ccncc3)C2)cc1C#N. The van der Waals surface area contributed by atoms with E-state index in [0.29, 0.717) is 30.0 Å². The molecule has 1 aliphatic heterocycles. The van der Waals surface area contributed by atoms with Gasteiger partial charge in [0.1, 0.15) is 11.8 Å². The lowest BCUT2D eigenvalue weighted by Crippen LogP contribution is -2.34. The normalized spacial score (nSPS) is 16.5. The Balaban J connectivity index is 1.55. The molecule has 0 bridgehead atoms. The van der Waals surface area contributed by atoms with Crippen LogP contribution >= 0.6 is 0 Å². The second-order valence-corrected chi connectivity index (χ2v) is 6.00. The van der Waals surface area contributed by atoms with Gasteiger partial charge in [0, 0.05) is 43.6 Å². The second kappa shape index (κ2) is 7.77. The van der Waals surface area contributed by atoms with Crippen molar-refractivity contribution < 1.29 is 9.53 Å². The number of pyridine rings is 1. The highest BCUT2D eigenvalue weighted by Crippen LogP contribution is 2.19. The molecule has 1 aromatic heterocycles. The summed E-state index contributed by atoms with van der Waals surface area (Å²) in [5, 5.41) is 12.6. The topological polar surface area (TPSA) is 78.2 Å². The van der Waals surface area contributed by atoms with Gasteiger partial charge in [-0.2, -0.15) is 5.26 Å². The van der Waals surface area contributed by atoms with Crippen LogP contribution in [0.1, 0.15) is 27.9 Å². The molecule has 3 rings (SSSR count). The van der Waals surface area contributed by atoms with Crippen LogP contribution in [0.5, 0.6) is 5.75 Å². The van der Waals surface area contributed by atoms with Gasteiger partial charge in [-0.15, -0.1) is 0 Å². The first kappa shape index (κ1) is 16.9. The Morgan fingerprint density at radius 3 is 2.92 bits per heavy atom. The molecular formula is C19H20N4O2. The molecule has 2 heterocycles. The molecule has 6 nitrogen and oxygen atoms in total. The van der Waals surface area contributed by atoms with E-state index >= 15 is 0 Å². The number of carbonyl (C=O) groups is 1. The van der Waals surface area contributed by atoms with E-state index in [-0.39, 0.29) is 11.9 Å². The third-order valence-electron chi connectivity index (χ3n) is 4.38. The number of nitrogens with one attached hydrogen (secondary N) is 1. The maximum Gasteiger partial charge on any atom is 0.254 e. The minimum absolute atomic E-state index is 0.0444. The fourth-order valence-corrected chi connectivity index (χ4v) is 3.00. The smallest absolute Gasteiger partial charge is 0.254 e. The van der Waals surface area contributed by atoms with E-state index in [0.717, 1.165) is 18.5 Å². The third kappa shape index (κ3) is 3.95. The number of methoxy groups -OCH3 is 1. The summed E-state index contributed by atoms with van der Waals surface area (Å²) in [6.07, 6.45) is 4.18. The van der Waals surface area contributed by atoms with Gasteiger partial charge in [0.15, 0.2) is 0 Å². The van der Waals surface area contributed by atoms with E-state index in [2.05, 4.69) is 16.4 Å².